The number of carbonyl (C=O) groups is 1. The number of aromatic nitrogens is 2. The molecule has 3 rings (SSSR count). The first-order valence-electron chi connectivity index (χ1n) is 8.50. The Balaban J connectivity index is 1.66. The van der Waals surface area contributed by atoms with Gasteiger partial charge >= 0.3 is 0 Å². The van der Waals surface area contributed by atoms with Gasteiger partial charge in [0.05, 0.1) is 17.9 Å². The van der Waals surface area contributed by atoms with Crippen molar-refractivity contribution in [3.8, 4) is 0 Å². The normalized spacial score (nSPS) is 16.9. The fourth-order valence-corrected chi connectivity index (χ4v) is 3.21. The van der Waals surface area contributed by atoms with Crippen LogP contribution in [-0.4, -0.2) is 27.3 Å². The van der Waals surface area contributed by atoms with Crippen molar-refractivity contribution < 1.29 is 9.90 Å². The van der Waals surface area contributed by atoms with Gasteiger partial charge in [0, 0.05) is 23.7 Å². The number of aliphatic hydroxyl groups excluding tert-OH is 1. The van der Waals surface area contributed by atoms with Gasteiger partial charge in [-0.25, -0.2) is 0 Å². The Labute approximate surface area is 142 Å². The predicted octanol–water partition coefficient (Wildman–Crippen LogP) is 3.02. The Kier molecular flexibility index (Phi) is 4.45. The lowest BCUT2D eigenvalue weighted by molar-refractivity contribution is 0.0807. The molecule has 5 heteroatoms. The van der Waals surface area contributed by atoms with E-state index in [-0.39, 0.29) is 17.4 Å². The van der Waals surface area contributed by atoms with Crippen molar-refractivity contribution in [1.82, 2.24) is 15.1 Å². The van der Waals surface area contributed by atoms with E-state index in [1.165, 1.54) is 0 Å². The molecule has 1 fully saturated rings. The van der Waals surface area contributed by atoms with E-state index in [1.807, 2.05) is 55.8 Å². The van der Waals surface area contributed by atoms with E-state index in [0.717, 1.165) is 24.1 Å². The van der Waals surface area contributed by atoms with Crippen LogP contribution in [0.2, 0.25) is 0 Å². The average Bonchev–Trinajstić information content (AvgIpc) is 3.28. The van der Waals surface area contributed by atoms with Gasteiger partial charge in [0.2, 0.25) is 0 Å². The first kappa shape index (κ1) is 16.7. The fourth-order valence-electron chi connectivity index (χ4n) is 3.21. The Morgan fingerprint density at radius 3 is 2.54 bits per heavy atom. The summed E-state index contributed by atoms with van der Waals surface area (Å²) in [4.78, 5) is 12.5. The van der Waals surface area contributed by atoms with Crippen LogP contribution < -0.4 is 5.32 Å². The highest BCUT2D eigenvalue weighted by Gasteiger charge is 2.49. The molecule has 1 saturated carbocycles. The molecule has 1 aliphatic rings. The summed E-state index contributed by atoms with van der Waals surface area (Å²) in [5.41, 5.74) is 2.15. The average molecular weight is 327 g/mol. The second-order valence-electron chi connectivity index (χ2n) is 7.04. The third-order valence-corrected chi connectivity index (χ3v) is 4.97. The van der Waals surface area contributed by atoms with Crippen molar-refractivity contribution in [2.24, 2.45) is 5.41 Å². The first-order valence-corrected chi connectivity index (χ1v) is 8.50. The van der Waals surface area contributed by atoms with E-state index in [2.05, 4.69) is 10.4 Å². The van der Waals surface area contributed by atoms with Crippen LogP contribution in [0.25, 0.3) is 0 Å². The molecule has 1 atom stereocenters. The molecule has 24 heavy (non-hydrogen) atoms. The van der Waals surface area contributed by atoms with Crippen molar-refractivity contribution in [3.63, 3.8) is 0 Å². The van der Waals surface area contributed by atoms with Gasteiger partial charge < -0.3 is 10.4 Å². The number of aliphatic hydroxyl groups is 1. The second kappa shape index (κ2) is 6.40. The Morgan fingerprint density at radius 2 is 2.00 bits per heavy atom. The van der Waals surface area contributed by atoms with Crippen molar-refractivity contribution in [2.75, 3.05) is 6.54 Å². The molecule has 0 spiro atoms. The van der Waals surface area contributed by atoms with Crippen LogP contribution in [-0.2, 0) is 0 Å². The molecule has 128 valence electrons. The van der Waals surface area contributed by atoms with Gasteiger partial charge in [0.15, 0.2) is 0 Å². The molecule has 5 nitrogen and oxygen atoms in total. The Bertz CT molecular complexity index is 717. The summed E-state index contributed by atoms with van der Waals surface area (Å²) >= 11 is 0. The van der Waals surface area contributed by atoms with Crippen LogP contribution in [0.15, 0.2) is 36.5 Å². The highest BCUT2D eigenvalue weighted by Crippen LogP contribution is 2.54. The van der Waals surface area contributed by atoms with Crippen LogP contribution in [0.3, 0.4) is 0 Å². The maximum Gasteiger partial charge on any atom is 0.254 e. The minimum atomic E-state index is -0.543. The van der Waals surface area contributed by atoms with E-state index >= 15 is 0 Å². The van der Waals surface area contributed by atoms with Gasteiger partial charge in [0.1, 0.15) is 0 Å². The number of benzene rings is 1. The number of rotatable bonds is 6. The van der Waals surface area contributed by atoms with Gasteiger partial charge in [-0.15, -0.1) is 0 Å². The van der Waals surface area contributed by atoms with E-state index in [1.54, 1.807) is 6.20 Å². The third kappa shape index (κ3) is 3.08. The van der Waals surface area contributed by atoms with Gasteiger partial charge in [-0.3, -0.25) is 9.48 Å². The van der Waals surface area contributed by atoms with E-state index in [4.69, 9.17) is 0 Å². The van der Waals surface area contributed by atoms with Gasteiger partial charge in [-0.2, -0.15) is 5.10 Å². The largest absolute Gasteiger partial charge is 0.388 e. The molecule has 0 bridgehead atoms. The molecule has 0 radical (unpaired) electrons. The quantitative estimate of drug-likeness (QED) is 0.857. The second-order valence-corrected chi connectivity index (χ2v) is 7.04. The third-order valence-electron chi connectivity index (χ3n) is 4.97. The van der Waals surface area contributed by atoms with Crippen LogP contribution in [0.5, 0.6) is 0 Å². The molecule has 0 saturated heterocycles. The molecule has 2 aromatic rings. The summed E-state index contributed by atoms with van der Waals surface area (Å²) in [6.45, 7) is 6.47. The maximum absolute atomic E-state index is 12.5. The Morgan fingerprint density at radius 1 is 1.33 bits per heavy atom. The molecule has 0 aliphatic heterocycles. The minimum absolute atomic E-state index is 0.120. The number of amides is 1. The number of nitrogens with one attached hydrogen (secondary N) is 1. The van der Waals surface area contributed by atoms with Crippen LogP contribution in [0.1, 0.15) is 60.5 Å². The molecule has 1 aromatic heterocycles. The zero-order valence-corrected chi connectivity index (χ0v) is 14.5. The summed E-state index contributed by atoms with van der Waals surface area (Å²) in [7, 11) is 0. The topological polar surface area (TPSA) is 67.2 Å². The summed E-state index contributed by atoms with van der Waals surface area (Å²) in [5.74, 6) is -0.120. The number of hydrogen-bond acceptors (Lipinski definition) is 3. The first-order chi connectivity index (χ1) is 11.4. The lowest BCUT2D eigenvalue weighted by Gasteiger charge is -2.23. The molecule has 1 amide bonds. The van der Waals surface area contributed by atoms with Crippen molar-refractivity contribution in [1.29, 1.82) is 0 Å². The monoisotopic (exact) mass is 327 g/mol. The summed E-state index contributed by atoms with van der Waals surface area (Å²) in [5, 5.41) is 17.9. The zero-order chi connectivity index (χ0) is 17.3. The van der Waals surface area contributed by atoms with Gasteiger partial charge in [0.25, 0.3) is 5.91 Å². The van der Waals surface area contributed by atoms with Crippen LogP contribution in [0, 0.1) is 12.3 Å². The number of carbonyl (C=O) groups excluding carboxylic acids is 1. The maximum atomic E-state index is 12.5. The molecule has 1 heterocycles. The number of hydrogen-bond donors (Lipinski definition) is 2. The van der Waals surface area contributed by atoms with E-state index in [9.17, 15) is 9.90 Å². The summed E-state index contributed by atoms with van der Waals surface area (Å²) in [6, 6.07) is 9.88. The summed E-state index contributed by atoms with van der Waals surface area (Å²) < 4.78 is 1.85. The van der Waals surface area contributed by atoms with Crippen molar-refractivity contribution in [2.45, 2.75) is 45.8 Å². The minimum Gasteiger partial charge on any atom is -0.388 e. The summed E-state index contributed by atoms with van der Waals surface area (Å²) in [6.07, 6.45) is 2.93. The lowest BCUT2D eigenvalue weighted by atomic mass is 9.92. The molecule has 1 aliphatic carbocycles. The van der Waals surface area contributed by atoms with Crippen LogP contribution in [0.4, 0.5) is 0 Å². The smallest absolute Gasteiger partial charge is 0.254 e. The van der Waals surface area contributed by atoms with Crippen molar-refractivity contribution >= 4 is 5.91 Å². The molecule has 2 N–H and O–H groups in total. The molecular formula is C19H25N3O2. The van der Waals surface area contributed by atoms with Gasteiger partial charge in [-0.1, -0.05) is 30.3 Å². The SMILES string of the molecule is Cc1c(C(=O)NCC2(C(O)c3ccccc3)CC2)cnn1C(C)C. The van der Waals surface area contributed by atoms with Crippen LogP contribution >= 0.6 is 0 Å². The molecular weight excluding hydrogens is 302 g/mol. The standard InChI is InChI=1S/C19H25N3O2/c1-13(2)22-14(3)16(11-21-22)18(24)20-12-19(9-10-19)17(23)15-7-5-4-6-8-15/h4-8,11,13,17,23H,9-10,12H2,1-3H3,(H,20,24). The van der Waals surface area contributed by atoms with Crippen molar-refractivity contribution in [3.05, 3.63) is 53.3 Å². The number of nitrogens with zero attached hydrogens (tertiary/aromatic N) is 2. The fraction of sp³-hybridized carbons (Fsp3) is 0.474. The van der Waals surface area contributed by atoms with E-state index < -0.39 is 6.10 Å². The highest BCUT2D eigenvalue weighted by atomic mass is 16.3. The van der Waals surface area contributed by atoms with Gasteiger partial charge in [-0.05, 0) is 39.2 Å². The highest BCUT2D eigenvalue weighted by molar-refractivity contribution is 5.95. The zero-order valence-electron chi connectivity index (χ0n) is 14.5. The Hall–Kier alpha value is -2.14. The molecule has 1 unspecified atom stereocenters. The predicted molar refractivity (Wildman–Crippen MR) is 92.8 cm³/mol. The molecule has 1 aromatic carbocycles. The van der Waals surface area contributed by atoms with E-state index in [0.29, 0.717) is 12.1 Å². The lowest BCUT2D eigenvalue weighted by Crippen LogP contribution is -2.33.